The molecule has 0 bridgehead atoms. The maximum absolute atomic E-state index is 13.4. The molecule has 3 aliphatic rings. The molecule has 0 spiro atoms. The highest BCUT2D eigenvalue weighted by Crippen LogP contribution is 2.43. The summed E-state index contributed by atoms with van der Waals surface area (Å²) < 4.78 is 11.0. The number of aliphatic carboxylic acids is 1. The summed E-state index contributed by atoms with van der Waals surface area (Å²) in [7, 11) is 0. The van der Waals surface area contributed by atoms with Gasteiger partial charge in [0.05, 0.1) is 12.5 Å². The van der Waals surface area contributed by atoms with Gasteiger partial charge in [0.1, 0.15) is 0 Å². The van der Waals surface area contributed by atoms with Gasteiger partial charge in [0.15, 0.2) is 11.5 Å². The number of hydrogen-bond donors (Lipinski definition) is 2. The van der Waals surface area contributed by atoms with Gasteiger partial charge in [-0.2, -0.15) is 0 Å². The second-order valence-corrected chi connectivity index (χ2v) is 11.5. The molecule has 38 heavy (non-hydrogen) atoms. The molecular formula is C28H42N4O6. The Bertz CT molecular complexity index is 1030. The van der Waals surface area contributed by atoms with E-state index in [-0.39, 0.29) is 36.5 Å². The quantitative estimate of drug-likeness (QED) is 0.421. The van der Waals surface area contributed by atoms with Gasteiger partial charge in [0.25, 0.3) is 0 Å². The van der Waals surface area contributed by atoms with E-state index in [0.717, 1.165) is 18.4 Å². The van der Waals surface area contributed by atoms with Crippen molar-refractivity contribution in [3.8, 4) is 11.5 Å². The summed E-state index contributed by atoms with van der Waals surface area (Å²) in [5.74, 6) is -0.643. The van der Waals surface area contributed by atoms with Crippen LogP contribution in [-0.2, 0) is 14.4 Å². The molecule has 4 rings (SSSR count). The molecule has 0 aromatic heterocycles. The van der Waals surface area contributed by atoms with Gasteiger partial charge in [-0.3, -0.25) is 19.3 Å². The summed E-state index contributed by atoms with van der Waals surface area (Å²) in [5.41, 5.74) is 6.55. The lowest BCUT2D eigenvalue weighted by Crippen LogP contribution is -2.46. The number of likely N-dealkylation sites (tertiary alicyclic amines) is 2. The van der Waals surface area contributed by atoms with E-state index in [9.17, 15) is 19.5 Å². The average molecular weight is 531 g/mol. The summed E-state index contributed by atoms with van der Waals surface area (Å²) in [6, 6.07) is 5.18. The van der Waals surface area contributed by atoms with Crippen molar-refractivity contribution in [2.45, 2.75) is 58.4 Å². The molecule has 2 amide bonds. The van der Waals surface area contributed by atoms with Crippen LogP contribution in [0.4, 0.5) is 0 Å². The lowest BCUT2D eigenvalue weighted by molar-refractivity contribution is -0.144. The fraction of sp³-hybridized carbons (Fsp3) is 0.679. The number of carboxylic acids is 1. The molecule has 2 saturated heterocycles. The fourth-order valence-corrected chi connectivity index (χ4v) is 6.15. The average Bonchev–Trinajstić information content (AvgIpc) is 3.54. The highest BCUT2D eigenvalue weighted by Gasteiger charge is 2.48. The molecule has 0 radical (unpaired) electrons. The van der Waals surface area contributed by atoms with Crippen molar-refractivity contribution >= 4 is 17.8 Å². The van der Waals surface area contributed by atoms with Gasteiger partial charge >= 0.3 is 5.97 Å². The van der Waals surface area contributed by atoms with E-state index in [0.29, 0.717) is 63.6 Å². The second kappa shape index (κ2) is 11.9. The lowest BCUT2D eigenvalue weighted by atomic mass is 9.84. The minimum absolute atomic E-state index is 0.0391. The van der Waals surface area contributed by atoms with Crippen molar-refractivity contribution in [2.75, 3.05) is 52.6 Å². The third-order valence-corrected chi connectivity index (χ3v) is 8.03. The van der Waals surface area contributed by atoms with Crippen LogP contribution in [0.3, 0.4) is 0 Å². The van der Waals surface area contributed by atoms with Crippen molar-refractivity contribution in [2.24, 2.45) is 17.1 Å². The van der Waals surface area contributed by atoms with Crippen molar-refractivity contribution in [3.63, 3.8) is 0 Å². The Labute approximate surface area is 225 Å². The predicted molar refractivity (Wildman–Crippen MR) is 142 cm³/mol. The predicted octanol–water partition coefficient (Wildman–Crippen LogP) is 2.12. The second-order valence-electron chi connectivity index (χ2n) is 11.5. The molecule has 2 fully saturated rings. The number of nitrogens with zero attached hydrogens (tertiary/aromatic N) is 3. The number of carbonyl (C=O) groups is 3. The van der Waals surface area contributed by atoms with Crippen LogP contribution in [0, 0.1) is 11.3 Å². The van der Waals surface area contributed by atoms with Crippen LogP contribution < -0.4 is 15.2 Å². The van der Waals surface area contributed by atoms with Gasteiger partial charge in [-0.05, 0) is 36.0 Å². The standard InChI is InChI=1S/C28H42N4O6/c1-4-5-10-30(12-9-29)25(34)16-32-15-20(19-6-7-22-23(13-19)38-18-37-22)26(27(35)36)21(32)8-11-31-17-28(2,3)14-24(31)33/h6-7,13,20-21,26H,4-5,8-12,14-18,29H2,1-3H3,(H,35,36). The van der Waals surface area contributed by atoms with Gasteiger partial charge in [-0.25, -0.2) is 0 Å². The summed E-state index contributed by atoms with van der Waals surface area (Å²) in [5, 5.41) is 10.4. The maximum Gasteiger partial charge on any atom is 0.308 e. The maximum atomic E-state index is 13.4. The van der Waals surface area contributed by atoms with Crippen molar-refractivity contribution < 1.29 is 29.0 Å². The number of unbranched alkanes of at least 4 members (excludes halogenated alkanes) is 1. The van der Waals surface area contributed by atoms with Crippen LogP contribution in [0.2, 0.25) is 0 Å². The first-order valence-electron chi connectivity index (χ1n) is 13.8. The van der Waals surface area contributed by atoms with Gasteiger partial charge in [0.2, 0.25) is 18.6 Å². The molecule has 3 unspecified atom stereocenters. The van der Waals surface area contributed by atoms with E-state index < -0.39 is 17.9 Å². The normalized spacial score (nSPS) is 24.3. The van der Waals surface area contributed by atoms with E-state index >= 15 is 0 Å². The third-order valence-electron chi connectivity index (χ3n) is 8.03. The first kappa shape index (κ1) is 28.2. The number of hydrogen-bond acceptors (Lipinski definition) is 7. The highest BCUT2D eigenvalue weighted by atomic mass is 16.7. The molecule has 3 heterocycles. The van der Waals surface area contributed by atoms with Crippen LogP contribution in [0.1, 0.15) is 57.9 Å². The molecule has 1 aromatic rings. The fourth-order valence-electron chi connectivity index (χ4n) is 6.15. The number of amides is 2. The monoisotopic (exact) mass is 530 g/mol. The topological polar surface area (TPSA) is 126 Å². The summed E-state index contributed by atoms with van der Waals surface area (Å²) >= 11 is 0. The van der Waals surface area contributed by atoms with E-state index in [1.807, 2.05) is 28.0 Å². The Balaban J connectivity index is 1.58. The number of rotatable bonds is 12. The van der Waals surface area contributed by atoms with Crippen LogP contribution >= 0.6 is 0 Å². The molecular weight excluding hydrogens is 488 g/mol. The molecule has 0 aliphatic carbocycles. The smallest absolute Gasteiger partial charge is 0.308 e. The summed E-state index contributed by atoms with van der Waals surface area (Å²) in [6.45, 7) is 9.53. The molecule has 10 heteroatoms. The van der Waals surface area contributed by atoms with Crippen molar-refractivity contribution in [1.82, 2.24) is 14.7 Å². The summed E-state index contributed by atoms with van der Waals surface area (Å²) in [6.07, 6.45) is 2.83. The van der Waals surface area contributed by atoms with E-state index in [1.165, 1.54) is 0 Å². The molecule has 10 nitrogen and oxygen atoms in total. The largest absolute Gasteiger partial charge is 0.481 e. The Kier molecular flexibility index (Phi) is 8.82. The zero-order chi connectivity index (χ0) is 27.4. The van der Waals surface area contributed by atoms with Crippen molar-refractivity contribution in [3.05, 3.63) is 23.8 Å². The van der Waals surface area contributed by atoms with Crippen LogP contribution in [0.5, 0.6) is 11.5 Å². The lowest BCUT2D eigenvalue weighted by Gasteiger charge is -2.31. The summed E-state index contributed by atoms with van der Waals surface area (Å²) in [4.78, 5) is 44.4. The van der Waals surface area contributed by atoms with E-state index in [2.05, 4.69) is 20.8 Å². The molecule has 0 saturated carbocycles. The Morgan fingerprint density at radius 2 is 1.97 bits per heavy atom. The highest BCUT2D eigenvalue weighted by molar-refractivity contribution is 5.80. The van der Waals surface area contributed by atoms with Crippen LogP contribution in [-0.4, -0.2) is 96.2 Å². The van der Waals surface area contributed by atoms with E-state index in [1.54, 1.807) is 4.90 Å². The minimum atomic E-state index is -0.898. The Morgan fingerprint density at radius 3 is 2.63 bits per heavy atom. The number of fused-ring (bicyclic) bond motifs is 1. The Morgan fingerprint density at radius 1 is 1.21 bits per heavy atom. The number of ether oxygens (including phenoxy) is 2. The van der Waals surface area contributed by atoms with Crippen LogP contribution in [0.15, 0.2) is 18.2 Å². The molecule has 3 atom stereocenters. The van der Waals surface area contributed by atoms with E-state index in [4.69, 9.17) is 15.2 Å². The van der Waals surface area contributed by atoms with Crippen LogP contribution in [0.25, 0.3) is 0 Å². The number of carbonyl (C=O) groups excluding carboxylic acids is 2. The number of benzene rings is 1. The van der Waals surface area contributed by atoms with Gasteiger partial charge in [-0.1, -0.05) is 33.3 Å². The third kappa shape index (κ3) is 6.23. The first-order valence-corrected chi connectivity index (χ1v) is 13.8. The minimum Gasteiger partial charge on any atom is -0.481 e. The number of nitrogens with two attached hydrogens (primary N) is 1. The zero-order valence-electron chi connectivity index (χ0n) is 22.9. The number of carboxylic acid groups (broad SMARTS) is 1. The zero-order valence-corrected chi connectivity index (χ0v) is 22.9. The molecule has 210 valence electrons. The first-order chi connectivity index (χ1) is 18.1. The van der Waals surface area contributed by atoms with Crippen molar-refractivity contribution in [1.29, 1.82) is 0 Å². The van der Waals surface area contributed by atoms with Gasteiger partial charge in [-0.15, -0.1) is 0 Å². The van der Waals surface area contributed by atoms with Gasteiger partial charge < -0.3 is 30.1 Å². The molecule has 1 aromatic carbocycles. The molecule has 3 aliphatic heterocycles. The van der Waals surface area contributed by atoms with Gasteiger partial charge in [0, 0.05) is 57.6 Å². The SMILES string of the molecule is CCCCN(CCN)C(=O)CN1CC(c2ccc3c(c2)OCO3)C(C(=O)O)C1CCN1CC(C)(C)CC1=O. The Hall–Kier alpha value is -2.85. The molecule has 3 N–H and O–H groups in total.